The number of rotatable bonds is 3. The largest absolute Gasteiger partial charge is 0.459 e. The summed E-state index contributed by atoms with van der Waals surface area (Å²) in [5, 5.41) is 8.76. The lowest BCUT2D eigenvalue weighted by molar-refractivity contribution is -0.158. The summed E-state index contributed by atoms with van der Waals surface area (Å²) in [6.45, 7) is 6.93. The first-order valence-corrected chi connectivity index (χ1v) is 4.37. The molecule has 0 fully saturated rings. The molecule has 0 aliphatic rings. The molecule has 0 saturated heterocycles. The zero-order valence-electron chi connectivity index (χ0n) is 8.70. The van der Waals surface area contributed by atoms with Gasteiger partial charge in [-0.15, -0.1) is 0 Å². The van der Waals surface area contributed by atoms with Gasteiger partial charge in [0.2, 0.25) is 0 Å². The third-order valence-electron chi connectivity index (χ3n) is 1.58. The van der Waals surface area contributed by atoms with Gasteiger partial charge >= 0.3 is 5.97 Å². The van der Waals surface area contributed by atoms with Gasteiger partial charge in [0.1, 0.15) is 11.6 Å². The fourth-order valence-electron chi connectivity index (χ4n) is 0.716. The Morgan fingerprint density at radius 3 is 2.31 bits per heavy atom. The minimum atomic E-state index is -0.746. The number of carbonyl (C=O) groups is 1. The predicted molar refractivity (Wildman–Crippen MR) is 50.1 cm³/mol. The van der Waals surface area contributed by atoms with Crippen LogP contribution in [0.5, 0.6) is 0 Å². The number of hydrogen-bond donors (Lipinski definition) is 2. The maximum atomic E-state index is 11.3. The molecule has 0 aliphatic carbocycles. The van der Waals surface area contributed by atoms with Crippen molar-refractivity contribution in [3.05, 3.63) is 0 Å². The molecular weight excluding hydrogens is 170 g/mol. The van der Waals surface area contributed by atoms with E-state index in [0.29, 0.717) is 0 Å². The molecule has 78 valence electrons. The van der Waals surface area contributed by atoms with Crippen molar-refractivity contribution in [1.82, 2.24) is 0 Å². The standard InChI is InChI=1S/C9H19NO3/c1-6(5-11)7(10)8(12)13-9(2,3)4/h6-7,11H,5,10H2,1-4H3/t6-,7?/m1/s1. The molecule has 4 heteroatoms. The van der Waals surface area contributed by atoms with Gasteiger partial charge in [-0.3, -0.25) is 4.79 Å². The van der Waals surface area contributed by atoms with Crippen LogP contribution in [-0.4, -0.2) is 29.3 Å². The summed E-state index contributed by atoms with van der Waals surface area (Å²) >= 11 is 0. The highest BCUT2D eigenvalue weighted by atomic mass is 16.6. The van der Waals surface area contributed by atoms with Crippen LogP contribution in [0.1, 0.15) is 27.7 Å². The number of aliphatic hydroxyl groups excluding tert-OH is 1. The highest BCUT2D eigenvalue weighted by Crippen LogP contribution is 2.10. The Labute approximate surface area is 79.1 Å². The summed E-state index contributed by atoms with van der Waals surface area (Å²) in [6.07, 6.45) is 0. The topological polar surface area (TPSA) is 72.5 Å². The Morgan fingerprint density at radius 2 is 2.00 bits per heavy atom. The first kappa shape index (κ1) is 12.4. The highest BCUT2D eigenvalue weighted by Gasteiger charge is 2.25. The van der Waals surface area contributed by atoms with E-state index in [1.165, 1.54) is 0 Å². The summed E-state index contributed by atoms with van der Waals surface area (Å²) in [7, 11) is 0. The molecule has 0 aliphatic heterocycles. The van der Waals surface area contributed by atoms with E-state index in [4.69, 9.17) is 15.6 Å². The van der Waals surface area contributed by atoms with Gasteiger partial charge in [-0.1, -0.05) is 6.92 Å². The van der Waals surface area contributed by atoms with Gasteiger partial charge in [0.15, 0.2) is 0 Å². The van der Waals surface area contributed by atoms with Gasteiger partial charge in [0, 0.05) is 12.5 Å². The number of hydrogen-bond acceptors (Lipinski definition) is 4. The van der Waals surface area contributed by atoms with Crippen molar-refractivity contribution in [3.8, 4) is 0 Å². The molecule has 0 aromatic heterocycles. The third kappa shape index (κ3) is 4.85. The van der Waals surface area contributed by atoms with E-state index in [-0.39, 0.29) is 12.5 Å². The summed E-state index contributed by atoms with van der Waals surface area (Å²) in [6, 6.07) is -0.746. The van der Waals surface area contributed by atoms with Gasteiger partial charge in [0.05, 0.1) is 0 Å². The molecule has 1 unspecified atom stereocenters. The van der Waals surface area contributed by atoms with Crippen molar-refractivity contribution in [2.24, 2.45) is 11.7 Å². The predicted octanol–water partition coefficient (Wildman–Crippen LogP) is 0.284. The van der Waals surface area contributed by atoms with Crippen LogP contribution in [0.25, 0.3) is 0 Å². The number of nitrogens with two attached hydrogens (primary N) is 1. The first-order chi connectivity index (χ1) is 5.78. The van der Waals surface area contributed by atoms with Crippen LogP contribution in [-0.2, 0) is 9.53 Å². The summed E-state index contributed by atoms with van der Waals surface area (Å²) in [5.74, 6) is -0.733. The second kappa shape index (κ2) is 4.58. The zero-order valence-corrected chi connectivity index (χ0v) is 8.70. The van der Waals surface area contributed by atoms with Crippen LogP contribution in [0.15, 0.2) is 0 Å². The van der Waals surface area contributed by atoms with E-state index in [2.05, 4.69) is 0 Å². The average molecular weight is 189 g/mol. The lowest BCUT2D eigenvalue weighted by Gasteiger charge is -2.24. The Bertz CT molecular complexity index is 174. The second-order valence-electron chi connectivity index (χ2n) is 4.22. The molecule has 0 rings (SSSR count). The molecule has 0 radical (unpaired) electrons. The van der Waals surface area contributed by atoms with Crippen LogP contribution in [0.2, 0.25) is 0 Å². The van der Waals surface area contributed by atoms with Gasteiger partial charge in [-0.25, -0.2) is 0 Å². The van der Waals surface area contributed by atoms with Crippen LogP contribution < -0.4 is 5.73 Å². The second-order valence-corrected chi connectivity index (χ2v) is 4.22. The molecule has 3 N–H and O–H groups in total. The first-order valence-electron chi connectivity index (χ1n) is 4.37. The molecule has 0 aromatic carbocycles. The SMILES string of the molecule is C[C@H](CO)C(N)C(=O)OC(C)(C)C. The molecule has 13 heavy (non-hydrogen) atoms. The summed E-state index contributed by atoms with van der Waals surface area (Å²) in [5.41, 5.74) is 5.02. The van der Waals surface area contributed by atoms with E-state index >= 15 is 0 Å². The van der Waals surface area contributed by atoms with Crippen molar-refractivity contribution >= 4 is 5.97 Å². The van der Waals surface area contributed by atoms with Crippen LogP contribution >= 0.6 is 0 Å². The average Bonchev–Trinajstić information content (AvgIpc) is 1.98. The summed E-state index contributed by atoms with van der Waals surface area (Å²) in [4.78, 5) is 11.3. The van der Waals surface area contributed by atoms with E-state index in [1.54, 1.807) is 27.7 Å². The van der Waals surface area contributed by atoms with E-state index in [0.717, 1.165) is 0 Å². The van der Waals surface area contributed by atoms with Crippen molar-refractivity contribution in [2.45, 2.75) is 39.3 Å². The monoisotopic (exact) mass is 189 g/mol. The Morgan fingerprint density at radius 1 is 1.54 bits per heavy atom. The molecule has 0 spiro atoms. The van der Waals surface area contributed by atoms with E-state index in [1.807, 2.05) is 0 Å². The van der Waals surface area contributed by atoms with Crippen LogP contribution in [0.4, 0.5) is 0 Å². The third-order valence-corrected chi connectivity index (χ3v) is 1.58. The molecular formula is C9H19NO3. The van der Waals surface area contributed by atoms with E-state index < -0.39 is 17.6 Å². The molecule has 0 aromatic rings. The fraction of sp³-hybridized carbons (Fsp3) is 0.889. The Hall–Kier alpha value is -0.610. The molecule has 0 heterocycles. The normalized spacial score (nSPS) is 16.5. The quantitative estimate of drug-likeness (QED) is 0.626. The molecule has 0 amide bonds. The Kier molecular flexibility index (Phi) is 4.36. The molecule has 4 nitrogen and oxygen atoms in total. The lowest BCUT2D eigenvalue weighted by Crippen LogP contribution is -2.42. The zero-order chi connectivity index (χ0) is 10.6. The van der Waals surface area contributed by atoms with Crippen LogP contribution in [0, 0.1) is 5.92 Å². The van der Waals surface area contributed by atoms with Crippen molar-refractivity contribution in [1.29, 1.82) is 0 Å². The highest BCUT2D eigenvalue weighted by molar-refractivity contribution is 5.76. The number of ether oxygens (including phenoxy) is 1. The minimum Gasteiger partial charge on any atom is -0.459 e. The maximum absolute atomic E-state index is 11.3. The van der Waals surface area contributed by atoms with Crippen molar-refractivity contribution in [3.63, 3.8) is 0 Å². The van der Waals surface area contributed by atoms with Crippen molar-refractivity contribution in [2.75, 3.05) is 6.61 Å². The van der Waals surface area contributed by atoms with Crippen LogP contribution in [0.3, 0.4) is 0 Å². The Balaban J connectivity index is 4.12. The lowest BCUT2D eigenvalue weighted by atomic mass is 10.0. The van der Waals surface area contributed by atoms with Gasteiger partial charge in [-0.2, -0.15) is 0 Å². The molecule has 2 atom stereocenters. The van der Waals surface area contributed by atoms with Gasteiger partial charge in [0.25, 0.3) is 0 Å². The molecule has 0 bridgehead atoms. The number of carbonyl (C=O) groups excluding carboxylic acids is 1. The van der Waals surface area contributed by atoms with Gasteiger partial charge in [-0.05, 0) is 20.8 Å². The van der Waals surface area contributed by atoms with Gasteiger partial charge < -0.3 is 15.6 Å². The fourth-order valence-corrected chi connectivity index (χ4v) is 0.716. The molecule has 0 saturated carbocycles. The maximum Gasteiger partial charge on any atom is 0.323 e. The smallest absolute Gasteiger partial charge is 0.323 e. The minimum absolute atomic E-state index is 0.111. The van der Waals surface area contributed by atoms with Crippen molar-refractivity contribution < 1.29 is 14.6 Å². The number of aliphatic hydroxyl groups is 1. The van der Waals surface area contributed by atoms with E-state index in [9.17, 15) is 4.79 Å². The number of esters is 1. The summed E-state index contributed by atoms with van der Waals surface area (Å²) < 4.78 is 5.05.